The molecule has 1 heterocycles. The molecule has 4 nitrogen and oxygen atoms in total. The first-order valence-corrected chi connectivity index (χ1v) is 7.98. The summed E-state index contributed by atoms with van der Waals surface area (Å²) in [6.07, 6.45) is 4.01. The molecule has 1 N–H and O–H groups in total. The Kier molecular flexibility index (Phi) is 6.36. The first-order valence-electron chi connectivity index (χ1n) is 6.00. The molecule has 19 heavy (non-hydrogen) atoms. The van der Waals surface area contributed by atoms with E-state index in [1.54, 1.807) is 11.8 Å². The molecule has 0 unspecified atom stereocenters. The molecule has 0 bridgehead atoms. The van der Waals surface area contributed by atoms with Crippen molar-refractivity contribution in [1.29, 1.82) is 0 Å². The third-order valence-corrected chi connectivity index (χ3v) is 5.31. The minimum atomic E-state index is -0.276. The number of carbonyl (C=O) groups is 1. The predicted octanol–water partition coefficient (Wildman–Crippen LogP) is 3.44. The van der Waals surface area contributed by atoms with Crippen molar-refractivity contribution in [2.75, 3.05) is 12.8 Å². The summed E-state index contributed by atoms with van der Waals surface area (Å²) in [5.41, 5.74) is 0.254. The third-order valence-electron chi connectivity index (χ3n) is 3.26. The summed E-state index contributed by atoms with van der Waals surface area (Å²) in [4.78, 5) is 12.1. The number of carbonyl (C=O) groups excluding carboxylic acids is 1. The molecule has 0 aromatic carbocycles. The number of thioether (sulfide) groups is 1. The van der Waals surface area contributed by atoms with Crippen LogP contribution in [0.15, 0.2) is 6.07 Å². The Labute approximate surface area is 127 Å². The Balaban J connectivity index is 2.77. The van der Waals surface area contributed by atoms with Crippen LogP contribution in [0, 0.1) is 0 Å². The van der Waals surface area contributed by atoms with Gasteiger partial charge in [-0.2, -0.15) is 11.8 Å². The number of rotatable bonds is 6. The molecular weight excluding hydrogens is 305 g/mol. The van der Waals surface area contributed by atoms with Gasteiger partial charge in [0.25, 0.3) is 5.91 Å². The summed E-state index contributed by atoms with van der Waals surface area (Å²) in [6.45, 7) is 4.81. The van der Waals surface area contributed by atoms with Crippen LogP contribution in [0.5, 0.6) is 0 Å². The number of halogens is 2. The SMILES string of the molecule is CCC(CC)(CNC(=O)c1cc(Cl)nnc1Cl)SC. The molecule has 0 atom stereocenters. The average Bonchev–Trinajstić information content (AvgIpc) is 2.43. The van der Waals surface area contributed by atoms with Crippen molar-refractivity contribution in [3.05, 3.63) is 21.9 Å². The molecule has 1 amide bonds. The van der Waals surface area contributed by atoms with Gasteiger partial charge in [-0.1, -0.05) is 37.0 Å². The van der Waals surface area contributed by atoms with Gasteiger partial charge in [0.15, 0.2) is 10.3 Å². The molecule has 0 aliphatic carbocycles. The minimum Gasteiger partial charge on any atom is -0.351 e. The first-order chi connectivity index (χ1) is 8.98. The highest BCUT2D eigenvalue weighted by molar-refractivity contribution is 8.00. The van der Waals surface area contributed by atoms with Gasteiger partial charge in [0.2, 0.25) is 0 Å². The lowest BCUT2D eigenvalue weighted by atomic mass is 10.0. The number of amides is 1. The lowest BCUT2D eigenvalue weighted by Crippen LogP contribution is -2.39. The van der Waals surface area contributed by atoms with Crippen LogP contribution in [0.25, 0.3) is 0 Å². The number of hydrogen-bond donors (Lipinski definition) is 1. The van der Waals surface area contributed by atoms with E-state index < -0.39 is 0 Å². The maximum atomic E-state index is 12.1. The van der Waals surface area contributed by atoms with Gasteiger partial charge >= 0.3 is 0 Å². The average molecular weight is 322 g/mol. The summed E-state index contributed by atoms with van der Waals surface area (Å²) in [6, 6.07) is 1.42. The smallest absolute Gasteiger partial charge is 0.254 e. The summed E-state index contributed by atoms with van der Waals surface area (Å²) < 4.78 is 0.0480. The Bertz CT molecular complexity index is 444. The van der Waals surface area contributed by atoms with Gasteiger partial charge in [0.1, 0.15) is 0 Å². The monoisotopic (exact) mass is 321 g/mol. The molecule has 1 aromatic heterocycles. The van der Waals surface area contributed by atoms with Crippen molar-refractivity contribution < 1.29 is 4.79 Å². The van der Waals surface area contributed by atoms with E-state index in [0.29, 0.717) is 6.54 Å². The summed E-state index contributed by atoms with van der Waals surface area (Å²) >= 11 is 13.3. The fourth-order valence-electron chi connectivity index (χ4n) is 1.71. The highest BCUT2D eigenvalue weighted by Crippen LogP contribution is 2.29. The molecular formula is C12H17Cl2N3OS. The lowest BCUT2D eigenvalue weighted by Gasteiger charge is -2.29. The standard InChI is InChI=1S/C12H17Cl2N3OS/c1-4-12(5-2,19-3)7-15-11(18)8-6-9(13)16-17-10(8)14/h6H,4-5,7H2,1-3H3,(H,15,18). The van der Waals surface area contributed by atoms with E-state index in [1.165, 1.54) is 6.07 Å². The molecule has 0 aliphatic rings. The molecule has 0 saturated heterocycles. The fraction of sp³-hybridized carbons (Fsp3) is 0.583. The van der Waals surface area contributed by atoms with Gasteiger partial charge in [-0.15, -0.1) is 10.2 Å². The zero-order chi connectivity index (χ0) is 14.5. The molecule has 0 fully saturated rings. The van der Waals surface area contributed by atoms with Gasteiger partial charge < -0.3 is 5.32 Å². The zero-order valence-electron chi connectivity index (χ0n) is 11.2. The van der Waals surface area contributed by atoms with Crippen LogP contribution in [0.4, 0.5) is 0 Å². The highest BCUT2D eigenvalue weighted by atomic mass is 35.5. The van der Waals surface area contributed by atoms with Gasteiger partial charge in [0.05, 0.1) is 5.56 Å². The molecule has 1 rings (SSSR count). The normalized spacial score (nSPS) is 11.4. The van der Waals surface area contributed by atoms with Crippen LogP contribution < -0.4 is 5.32 Å². The Hall–Kier alpha value is -0.520. The molecule has 0 radical (unpaired) electrons. The van der Waals surface area contributed by atoms with Crippen molar-refractivity contribution >= 4 is 40.9 Å². The Morgan fingerprint density at radius 1 is 1.37 bits per heavy atom. The Morgan fingerprint density at radius 2 is 2.00 bits per heavy atom. The number of nitrogens with zero attached hydrogens (tertiary/aromatic N) is 2. The summed E-state index contributed by atoms with van der Waals surface area (Å²) in [7, 11) is 0. The van der Waals surface area contributed by atoms with Crippen LogP contribution in [-0.2, 0) is 0 Å². The maximum absolute atomic E-state index is 12.1. The van der Waals surface area contributed by atoms with Crippen molar-refractivity contribution in [2.24, 2.45) is 0 Å². The summed E-state index contributed by atoms with van der Waals surface area (Å²) in [5, 5.41) is 10.3. The molecule has 0 spiro atoms. The number of hydrogen-bond acceptors (Lipinski definition) is 4. The topological polar surface area (TPSA) is 54.9 Å². The first kappa shape index (κ1) is 16.5. The van der Waals surface area contributed by atoms with Crippen LogP contribution in [0.3, 0.4) is 0 Å². The number of aromatic nitrogens is 2. The molecule has 0 saturated carbocycles. The zero-order valence-corrected chi connectivity index (χ0v) is 13.5. The Morgan fingerprint density at radius 3 is 2.53 bits per heavy atom. The van der Waals surface area contributed by atoms with E-state index in [9.17, 15) is 4.79 Å². The van der Waals surface area contributed by atoms with Crippen LogP contribution in [0.1, 0.15) is 37.0 Å². The highest BCUT2D eigenvalue weighted by Gasteiger charge is 2.26. The molecule has 0 aliphatic heterocycles. The van der Waals surface area contributed by atoms with Gasteiger partial charge in [-0.25, -0.2) is 0 Å². The minimum absolute atomic E-state index is 0.0480. The molecule has 7 heteroatoms. The van der Waals surface area contributed by atoms with Crippen molar-refractivity contribution in [2.45, 2.75) is 31.4 Å². The van der Waals surface area contributed by atoms with E-state index in [4.69, 9.17) is 23.2 Å². The number of nitrogens with one attached hydrogen (secondary N) is 1. The van der Waals surface area contributed by atoms with Gasteiger partial charge in [-0.05, 0) is 25.2 Å². The van der Waals surface area contributed by atoms with Gasteiger partial charge in [0, 0.05) is 11.3 Å². The quantitative estimate of drug-likeness (QED) is 0.872. The van der Waals surface area contributed by atoms with E-state index >= 15 is 0 Å². The van der Waals surface area contributed by atoms with Crippen LogP contribution >= 0.6 is 35.0 Å². The largest absolute Gasteiger partial charge is 0.351 e. The molecule has 1 aromatic rings. The van der Waals surface area contributed by atoms with Crippen LogP contribution in [-0.4, -0.2) is 33.7 Å². The summed E-state index contributed by atoms with van der Waals surface area (Å²) in [5.74, 6) is -0.276. The fourth-order valence-corrected chi connectivity index (χ4v) is 2.83. The van der Waals surface area contributed by atoms with E-state index in [0.717, 1.165) is 12.8 Å². The second kappa shape index (κ2) is 7.31. The molecule has 106 valence electrons. The maximum Gasteiger partial charge on any atom is 0.254 e. The third kappa shape index (κ3) is 4.23. The van der Waals surface area contributed by atoms with E-state index in [2.05, 4.69) is 35.6 Å². The van der Waals surface area contributed by atoms with Crippen molar-refractivity contribution in [1.82, 2.24) is 15.5 Å². The lowest BCUT2D eigenvalue weighted by molar-refractivity contribution is 0.0948. The van der Waals surface area contributed by atoms with Crippen LogP contribution in [0.2, 0.25) is 10.3 Å². The van der Waals surface area contributed by atoms with Crippen molar-refractivity contribution in [3.8, 4) is 0 Å². The van der Waals surface area contributed by atoms with Crippen molar-refractivity contribution in [3.63, 3.8) is 0 Å². The second-order valence-electron chi connectivity index (χ2n) is 4.15. The van der Waals surface area contributed by atoms with E-state index in [1.807, 2.05) is 0 Å². The second-order valence-corrected chi connectivity index (χ2v) is 6.17. The van der Waals surface area contributed by atoms with E-state index in [-0.39, 0.29) is 26.5 Å². The van der Waals surface area contributed by atoms with Gasteiger partial charge in [-0.3, -0.25) is 4.79 Å². The predicted molar refractivity (Wildman–Crippen MR) is 81.2 cm³/mol.